The Morgan fingerprint density at radius 1 is 1.07 bits per heavy atom. The van der Waals surface area contributed by atoms with E-state index in [4.69, 9.17) is 0 Å². The molecule has 74 valence electrons. The molecule has 15 heavy (non-hydrogen) atoms. The van der Waals surface area contributed by atoms with Gasteiger partial charge in [-0.2, -0.15) is 0 Å². The highest BCUT2D eigenvalue weighted by molar-refractivity contribution is 5.64. The third-order valence-corrected chi connectivity index (χ3v) is 2.21. The maximum atomic E-state index is 4.23. The van der Waals surface area contributed by atoms with Crippen molar-refractivity contribution < 1.29 is 4.57 Å². The largest absolute Gasteiger partial charge is 0.257 e. The first-order chi connectivity index (χ1) is 7.36. The second-order valence-corrected chi connectivity index (χ2v) is 3.32. The number of nitrogens with zero attached hydrogens (tertiary/aromatic N) is 2. The van der Waals surface area contributed by atoms with Crippen LogP contribution in [-0.4, -0.2) is 4.98 Å². The van der Waals surface area contributed by atoms with Gasteiger partial charge in [-0.15, -0.1) is 0 Å². The summed E-state index contributed by atoms with van der Waals surface area (Å²) in [5.41, 5.74) is 2.13. The molecule has 2 heteroatoms. The molecule has 0 N–H and O–H groups in total. The lowest BCUT2D eigenvalue weighted by molar-refractivity contribution is -0.673. The van der Waals surface area contributed by atoms with Crippen molar-refractivity contribution in [2.24, 2.45) is 7.05 Å². The lowest BCUT2D eigenvalue weighted by Crippen LogP contribution is -2.30. The summed E-state index contributed by atoms with van der Waals surface area (Å²) in [6.45, 7) is 0. The van der Waals surface area contributed by atoms with E-state index in [0.29, 0.717) is 0 Å². The standard InChI is InChI=1S/C13H13N2/c1-15-11-5-3-7-13(15)9-8-12-6-2-4-10-14-12/h2-11H,1H3/q+1/b9-8-. The molecule has 0 amide bonds. The maximum Gasteiger partial charge on any atom is 0.204 e. The van der Waals surface area contributed by atoms with Crippen molar-refractivity contribution in [3.63, 3.8) is 0 Å². The lowest BCUT2D eigenvalue weighted by atomic mass is 10.2. The molecule has 0 aromatic carbocycles. The number of pyridine rings is 2. The summed E-state index contributed by atoms with van der Waals surface area (Å²) in [5, 5.41) is 0. The topological polar surface area (TPSA) is 16.8 Å². The average Bonchev–Trinajstić information content (AvgIpc) is 2.29. The van der Waals surface area contributed by atoms with Crippen LogP contribution in [0.2, 0.25) is 0 Å². The highest BCUT2D eigenvalue weighted by Crippen LogP contribution is 2.01. The van der Waals surface area contributed by atoms with Crippen LogP contribution in [0.25, 0.3) is 12.2 Å². The van der Waals surface area contributed by atoms with E-state index in [0.717, 1.165) is 11.4 Å². The van der Waals surface area contributed by atoms with Crippen LogP contribution in [0.3, 0.4) is 0 Å². The fourth-order valence-electron chi connectivity index (χ4n) is 1.36. The van der Waals surface area contributed by atoms with E-state index in [-0.39, 0.29) is 0 Å². The van der Waals surface area contributed by atoms with Gasteiger partial charge in [-0.1, -0.05) is 6.07 Å². The maximum absolute atomic E-state index is 4.23. The Hall–Kier alpha value is -1.96. The van der Waals surface area contributed by atoms with Gasteiger partial charge in [-0.05, 0) is 24.3 Å². The summed E-state index contributed by atoms with van der Waals surface area (Å²) >= 11 is 0. The van der Waals surface area contributed by atoms with E-state index < -0.39 is 0 Å². The van der Waals surface area contributed by atoms with Crippen LogP contribution in [0.4, 0.5) is 0 Å². The zero-order valence-electron chi connectivity index (χ0n) is 8.67. The fourth-order valence-corrected chi connectivity index (χ4v) is 1.36. The molecular formula is C13H13N2+. The Bertz CT molecular complexity index is 461. The molecule has 2 rings (SSSR count). The molecule has 0 aliphatic heterocycles. The molecule has 0 saturated heterocycles. The third kappa shape index (κ3) is 2.50. The summed E-state index contributed by atoms with van der Waals surface area (Å²) in [4.78, 5) is 4.23. The third-order valence-electron chi connectivity index (χ3n) is 2.21. The normalized spacial score (nSPS) is 10.7. The number of hydrogen-bond donors (Lipinski definition) is 0. The SMILES string of the molecule is C[n+]1ccccc1/C=C\c1ccccn1. The molecule has 0 radical (unpaired) electrons. The average molecular weight is 197 g/mol. The molecule has 0 fully saturated rings. The first-order valence-corrected chi connectivity index (χ1v) is 4.90. The van der Waals surface area contributed by atoms with Gasteiger partial charge >= 0.3 is 0 Å². The first kappa shape index (κ1) is 9.59. The van der Waals surface area contributed by atoms with Crippen LogP contribution in [0.15, 0.2) is 48.8 Å². The Balaban J connectivity index is 2.23. The van der Waals surface area contributed by atoms with E-state index in [1.54, 1.807) is 6.20 Å². The second-order valence-electron chi connectivity index (χ2n) is 3.32. The lowest BCUT2D eigenvalue weighted by Gasteiger charge is -1.92. The van der Waals surface area contributed by atoms with Gasteiger partial charge in [0.2, 0.25) is 5.69 Å². The van der Waals surface area contributed by atoms with Gasteiger partial charge in [-0.3, -0.25) is 4.98 Å². The van der Waals surface area contributed by atoms with Crippen molar-refractivity contribution in [2.75, 3.05) is 0 Å². The van der Waals surface area contributed by atoms with Crippen LogP contribution in [0.1, 0.15) is 11.4 Å². The monoisotopic (exact) mass is 197 g/mol. The fraction of sp³-hybridized carbons (Fsp3) is 0.0769. The summed E-state index contributed by atoms with van der Waals surface area (Å²) in [5.74, 6) is 0. The number of aryl methyl sites for hydroxylation is 1. The van der Waals surface area contributed by atoms with Crippen LogP contribution >= 0.6 is 0 Å². The van der Waals surface area contributed by atoms with Crippen LogP contribution < -0.4 is 4.57 Å². The van der Waals surface area contributed by atoms with Crippen molar-refractivity contribution >= 4 is 12.2 Å². The molecule has 2 nitrogen and oxygen atoms in total. The van der Waals surface area contributed by atoms with Gasteiger partial charge in [-0.25, -0.2) is 4.57 Å². The highest BCUT2D eigenvalue weighted by atomic mass is 14.9. The van der Waals surface area contributed by atoms with E-state index in [2.05, 4.69) is 21.7 Å². The molecule has 2 aromatic heterocycles. The molecule has 0 saturated carbocycles. The molecule has 0 bridgehead atoms. The summed E-state index contributed by atoms with van der Waals surface area (Å²) in [7, 11) is 2.03. The minimum Gasteiger partial charge on any atom is -0.257 e. The molecule has 0 aliphatic carbocycles. The highest BCUT2D eigenvalue weighted by Gasteiger charge is 1.98. The van der Waals surface area contributed by atoms with Gasteiger partial charge in [0, 0.05) is 24.4 Å². The number of rotatable bonds is 2. The van der Waals surface area contributed by atoms with Gasteiger partial charge in [0.05, 0.1) is 5.69 Å². The van der Waals surface area contributed by atoms with Crippen molar-refractivity contribution in [3.8, 4) is 0 Å². The minimum absolute atomic E-state index is 0.973. The van der Waals surface area contributed by atoms with Gasteiger partial charge in [0.1, 0.15) is 7.05 Å². The molecule has 2 heterocycles. The van der Waals surface area contributed by atoms with Gasteiger partial charge in [0.25, 0.3) is 0 Å². The predicted octanol–water partition coefficient (Wildman–Crippen LogP) is 2.08. The quantitative estimate of drug-likeness (QED) is 0.673. The smallest absolute Gasteiger partial charge is 0.204 e. The number of hydrogen-bond acceptors (Lipinski definition) is 1. The zero-order valence-corrected chi connectivity index (χ0v) is 8.67. The Kier molecular flexibility index (Phi) is 2.88. The summed E-state index contributed by atoms with van der Waals surface area (Å²) in [6, 6.07) is 12.0. The van der Waals surface area contributed by atoms with Crippen molar-refractivity contribution in [1.82, 2.24) is 4.98 Å². The van der Waals surface area contributed by atoms with Crippen LogP contribution in [-0.2, 0) is 7.05 Å². The molecule has 0 aliphatic rings. The molecule has 2 aromatic rings. The van der Waals surface area contributed by atoms with E-state index in [9.17, 15) is 0 Å². The predicted molar refractivity (Wildman–Crippen MR) is 60.8 cm³/mol. The molecule has 0 unspecified atom stereocenters. The van der Waals surface area contributed by atoms with E-state index >= 15 is 0 Å². The van der Waals surface area contributed by atoms with E-state index in [1.807, 2.05) is 49.7 Å². The van der Waals surface area contributed by atoms with Crippen LogP contribution in [0.5, 0.6) is 0 Å². The Morgan fingerprint density at radius 2 is 1.93 bits per heavy atom. The second kappa shape index (κ2) is 4.51. The van der Waals surface area contributed by atoms with Gasteiger partial charge < -0.3 is 0 Å². The van der Waals surface area contributed by atoms with Crippen LogP contribution in [0, 0.1) is 0 Å². The van der Waals surface area contributed by atoms with Gasteiger partial charge in [0.15, 0.2) is 6.20 Å². The first-order valence-electron chi connectivity index (χ1n) is 4.90. The Morgan fingerprint density at radius 3 is 2.67 bits per heavy atom. The summed E-state index contributed by atoms with van der Waals surface area (Å²) < 4.78 is 2.07. The van der Waals surface area contributed by atoms with Crippen molar-refractivity contribution in [2.45, 2.75) is 0 Å². The zero-order chi connectivity index (χ0) is 10.5. The van der Waals surface area contributed by atoms with Crippen molar-refractivity contribution in [1.29, 1.82) is 0 Å². The number of aromatic nitrogens is 2. The Labute approximate surface area is 89.5 Å². The molecule has 0 atom stereocenters. The summed E-state index contributed by atoms with van der Waals surface area (Å²) in [6.07, 6.45) is 7.89. The molecule has 0 spiro atoms. The van der Waals surface area contributed by atoms with Crippen molar-refractivity contribution in [3.05, 3.63) is 60.2 Å². The minimum atomic E-state index is 0.973. The van der Waals surface area contributed by atoms with E-state index in [1.165, 1.54) is 0 Å². The molecular weight excluding hydrogens is 184 g/mol.